The normalized spacial score (nSPS) is 17.0. The highest BCUT2D eigenvalue weighted by molar-refractivity contribution is 6.30. The average Bonchev–Trinajstić information content (AvgIpc) is 2.49. The number of nitrogens with one attached hydrogen (secondary N) is 1. The first-order chi connectivity index (χ1) is 9.76. The van der Waals surface area contributed by atoms with E-state index < -0.39 is 0 Å². The molecule has 2 aromatic rings. The standard InChI is InChI=1S/C16H16ClNO2/c1-19-13-6-7-16-14(10-13)15(8-9-20-16)18-12-4-2-11(17)3-5-12/h2-7,10,15,18H,8-9H2,1H3. The van der Waals surface area contributed by atoms with Gasteiger partial charge in [-0.3, -0.25) is 0 Å². The molecule has 1 unspecified atom stereocenters. The third-order valence-electron chi connectivity index (χ3n) is 3.44. The fraction of sp³-hybridized carbons (Fsp3) is 0.250. The van der Waals surface area contributed by atoms with Crippen molar-refractivity contribution in [1.82, 2.24) is 0 Å². The number of methoxy groups -OCH3 is 1. The monoisotopic (exact) mass is 289 g/mol. The van der Waals surface area contributed by atoms with Crippen LogP contribution in [0.15, 0.2) is 42.5 Å². The van der Waals surface area contributed by atoms with Gasteiger partial charge in [0.15, 0.2) is 0 Å². The molecule has 2 aromatic carbocycles. The molecule has 0 amide bonds. The summed E-state index contributed by atoms with van der Waals surface area (Å²) < 4.78 is 11.0. The third-order valence-corrected chi connectivity index (χ3v) is 3.69. The fourth-order valence-electron chi connectivity index (χ4n) is 2.40. The van der Waals surface area contributed by atoms with Crippen molar-refractivity contribution < 1.29 is 9.47 Å². The minimum atomic E-state index is 0.218. The Balaban J connectivity index is 1.87. The van der Waals surface area contributed by atoms with E-state index in [2.05, 4.69) is 5.32 Å². The van der Waals surface area contributed by atoms with Crippen LogP contribution >= 0.6 is 11.6 Å². The highest BCUT2D eigenvalue weighted by Crippen LogP contribution is 2.36. The van der Waals surface area contributed by atoms with Crippen molar-refractivity contribution in [3.8, 4) is 11.5 Å². The summed E-state index contributed by atoms with van der Waals surface area (Å²) in [5, 5.41) is 4.26. The number of ether oxygens (including phenoxy) is 2. The lowest BCUT2D eigenvalue weighted by atomic mass is 10.00. The van der Waals surface area contributed by atoms with Crippen LogP contribution in [0.4, 0.5) is 5.69 Å². The van der Waals surface area contributed by atoms with E-state index in [-0.39, 0.29) is 6.04 Å². The summed E-state index contributed by atoms with van der Waals surface area (Å²) in [5.41, 5.74) is 2.18. The molecule has 1 aliphatic rings. The molecular formula is C16H16ClNO2. The molecule has 104 valence electrons. The number of hydrogen-bond donors (Lipinski definition) is 1. The van der Waals surface area contributed by atoms with Crippen LogP contribution in [-0.4, -0.2) is 13.7 Å². The maximum absolute atomic E-state index is 5.91. The molecule has 1 atom stereocenters. The van der Waals surface area contributed by atoms with E-state index in [1.54, 1.807) is 7.11 Å². The zero-order valence-corrected chi connectivity index (χ0v) is 12.0. The van der Waals surface area contributed by atoms with Crippen LogP contribution in [0.5, 0.6) is 11.5 Å². The SMILES string of the molecule is COc1ccc2c(c1)C(Nc1ccc(Cl)cc1)CCO2. The van der Waals surface area contributed by atoms with Gasteiger partial charge in [0.05, 0.1) is 19.8 Å². The molecule has 0 radical (unpaired) electrons. The Kier molecular flexibility index (Phi) is 3.70. The molecule has 0 spiro atoms. The lowest BCUT2D eigenvalue weighted by molar-refractivity contribution is 0.273. The second-order valence-electron chi connectivity index (χ2n) is 4.74. The molecule has 0 fully saturated rings. The predicted octanol–water partition coefficient (Wildman–Crippen LogP) is 4.28. The van der Waals surface area contributed by atoms with Crippen LogP contribution in [0.3, 0.4) is 0 Å². The van der Waals surface area contributed by atoms with Gasteiger partial charge < -0.3 is 14.8 Å². The largest absolute Gasteiger partial charge is 0.497 e. The van der Waals surface area contributed by atoms with E-state index in [4.69, 9.17) is 21.1 Å². The molecule has 0 bridgehead atoms. The Morgan fingerprint density at radius 1 is 1.20 bits per heavy atom. The molecule has 3 nitrogen and oxygen atoms in total. The Bertz CT molecular complexity index is 598. The minimum Gasteiger partial charge on any atom is -0.497 e. The quantitative estimate of drug-likeness (QED) is 0.914. The van der Waals surface area contributed by atoms with Crippen molar-refractivity contribution >= 4 is 17.3 Å². The van der Waals surface area contributed by atoms with Gasteiger partial charge in [0.25, 0.3) is 0 Å². The molecular weight excluding hydrogens is 274 g/mol. The lowest BCUT2D eigenvalue weighted by Gasteiger charge is -2.28. The van der Waals surface area contributed by atoms with E-state index in [1.807, 2.05) is 42.5 Å². The smallest absolute Gasteiger partial charge is 0.124 e. The Morgan fingerprint density at radius 3 is 2.75 bits per heavy atom. The number of halogens is 1. The Morgan fingerprint density at radius 2 is 2.00 bits per heavy atom. The van der Waals surface area contributed by atoms with Gasteiger partial charge >= 0.3 is 0 Å². The first-order valence-electron chi connectivity index (χ1n) is 6.59. The van der Waals surface area contributed by atoms with Crippen LogP contribution in [0.2, 0.25) is 5.02 Å². The second kappa shape index (κ2) is 5.63. The van der Waals surface area contributed by atoms with E-state index in [9.17, 15) is 0 Å². The van der Waals surface area contributed by atoms with Crippen molar-refractivity contribution in [2.75, 3.05) is 19.0 Å². The molecule has 0 aliphatic carbocycles. The first kappa shape index (κ1) is 13.1. The zero-order chi connectivity index (χ0) is 13.9. The van der Waals surface area contributed by atoms with Gasteiger partial charge in [-0.05, 0) is 42.5 Å². The maximum Gasteiger partial charge on any atom is 0.124 e. The van der Waals surface area contributed by atoms with Crippen molar-refractivity contribution in [2.45, 2.75) is 12.5 Å². The summed E-state index contributed by atoms with van der Waals surface area (Å²) in [4.78, 5) is 0. The zero-order valence-electron chi connectivity index (χ0n) is 11.2. The van der Waals surface area contributed by atoms with E-state index in [0.29, 0.717) is 6.61 Å². The molecule has 20 heavy (non-hydrogen) atoms. The minimum absolute atomic E-state index is 0.218. The van der Waals surface area contributed by atoms with Crippen LogP contribution in [0, 0.1) is 0 Å². The summed E-state index contributed by atoms with van der Waals surface area (Å²) in [6.07, 6.45) is 0.919. The number of benzene rings is 2. The number of hydrogen-bond acceptors (Lipinski definition) is 3. The highest BCUT2D eigenvalue weighted by atomic mass is 35.5. The molecule has 1 N–H and O–H groups in total. The van der Waals surface area contributed by atoms with Crippen LogP contribution in [0.1, 0.15) is 18.0 Å². The Labute approximate surface area is 123 Å². The molecule has 0 saturated carbocycles. The van der Waals surface area contributed by atoms with E-state index in [1.165, 1.54) is 0 Å². The Hall–Kier alpha value is -1.87. The summed E-state index contributed by atoms with van der Waals surface area (Å²) >= 11 is 5.91. The van der Waals surface area contributed by atoms with Gasteiger partial charge in [-0.2, -0.15) is 0 Å². The van der Waals surface area contributed by atoms with Gasteiger partial charge in [-0.1, -0.05) is 11.6 Å². The summed E-state index contributed by atoms with van der Waals surface area (Å²) in [6, 6.07) is 13.9. The highest BCUT2D eigenvalue weighted by Gasteiger charge is 2.22. The predicted molar refractivity (Wildman–Crippen MR) is 80.9 cm³/mol. The summed E-state index contributed by atoms with van der Waals surface area (Å²) in [7, 11) is 1.67. The van der Waals surface area contributed by atoms with Gasteiger partial charge in [-0.25, -0.2) is 0 Å². The van der Waals surface area contributed by atoms with Gasteiger partial charge in [-0.15, -0.1) is 0 Å². The van der Waals surface area contributed by atoms with Crippen molar-refractivity contribution in [3.05, 3.63) is 53.1 Å². The second-order valence-corrected chi connectivity index (χ2v) is 5.18. The van der Waals surface area contributed by atoms with E-state index >= 15 is 0 Å². The van der Waals surface area contributed by atoms with Crippen molar-refractivity contribution in [2.24, 2.45) is 0 Å². The lowest BCUT2D eigenvalue weighted by Crippen LogP contribution is -2.20. The summed E-state index contributed by atoms with van der Waals surface area (Å²) in [5.74, 6) is 1.76. The van der Waals surface area contributed by atoms with E-state index in [0.717, 1.165) is 34.2 Å². The van der Waals surface area contributed by atoms with Crippen LogP contribution in [-0.2, 0) is 0 Å². The molecule has 1 heterocycles. The van der Waals surface area contributed by atoms with Crippen molar-refractivity contribution in [3.63, 3.8) is 0 Å². The topological polar surface area (TPSA) is 30.5 Å². The summed E-state index contributed by atoms with van der Waals surface area (Å²) in [6.45, 7) is 0.713. The molecule has 4 heteroatoms. The van der Waals surface area contributed by atoms with Crippen LogP contribution < -0.4 is 14.8 Å². The molecule has 0 saturated heterocycles. The molecule has 3 rings (SSSR count). The number of fused-ring (bicyclic) bond motifs is 1. The first-order valence-corrected chi connectivity index (χ1v) is 6.97. The fourth-order valence-corrected chi connectivity index (χ4v) is 2.52. The van der Waals surface area contributed by atoms with Gasteiger partial charge in [0.1, 0.15) is 11.5 Å². The number of anilines is 1. The molecule has 0 aromatic heterocycles. The average molecular weight is 290 g/mol. The van der Waals surface area contributed by atoms with Gasteiger partial charge in [0.2, 0.25) is 0 Å². The van der Waals surface area contributed by atoms with Gasteiger partial charge in [0, 0.05) is 22.7 Å². The molecule has 1 aliphatic heterocycles. The number of rotatable bonds is 3. The third kappa shape index (κ3) is 2.68. The van der Waals surface area contributed by atoms with Crippen molar-refractivity contribution in [1.29, 1.82) is 0 Å². The maximum atomic E-state index is 5.91. The van der Waals surface area contributed by atoms with Crippen LogP contribution in [0.25, 0.3) is 0 Å².